The van der Waals surface area contributed by atoms with E-state index in [4.69, 9.17) is 15.2 Å². The molecule has 0 bridgehead atoms. The largest absolute Gasteiger partial charge is 0.493 e. The average molecular weight is 354 g/mol. The van der Waals surface area contributed by atoms with Crippen LogP contribution in [0.2, 0.25) is 0 Å². The van der Waals surface area contributed by atoms with Crippen molar-refractivity contribution in [1.82, 2.24) is 9.97 Å². The molecule has 0 radical (unpaired) electrons. The lowest BCUT2D eigenvalue weighted by atomic mass is 10.1. The number of aromatic amines is 1. The van der Waals surface area contributed by atoms with Gasteiger partial charge in [-0.25, -0.2) is 4.98 Å². The van der Waals surface area contributed by atoms with Gasteiger partial charge in [-0.15, -0.1) is 0 Å². The van der Waals surface area contributed by atoms with Crippen molar-refractivity contribution < 1.29 is 9.47 Å². The van der Waals surface area contributed by atoms with E-state index in [1.807, 2.05) is 43.1 Å². The van der Waals surface area contributed by atoms with E-state index in [0.29, 0.717) is 46.1 Å². The first-order valence-electron chi connectivity index (χ1n) is 8.15. The number of fused-ring (bicyclic) bond motifs is 1. The van der Waals surface area contributed by atoms with Gasteiger partial charge in [-0.1, -0.05) is 12.1 Å². The molecule has 0 aliphatic carbocycles. The van der Waals surface area contributed by atoms with Gasteiger partial charge in [0.05, 0.1) is 25.1 Å². The first-order valence-corrected chi connectivity index (χ1v) is 8.15. The number of nitrogen functional groups attached to an aromatic ring is 1. The Hall–Kier alpha value is -3.22. The summed E-state index contributed by atoms with van der Waals surface area (Å²) in [5.41, 5.74) is 8.58. The number of anilines is 2. The SMILES string of the molecule is COc1cc2nc(N(C)Cc3cccc(N)c3)[nH]c(=O)c2c(C)c1OC. The number of rotatable bonds is 5. The number of methoxy groups -OCH3 is 2. The number of aryl methyl sites for hydroxylation is 1. The highest BCUT2D eigenvalue weighted by Gasteiger charge is 2.17. The van der Waals surface area contributed by atoms with Crippen LogP contribution in [0.4, 0.5) is 11.6 Å². The molecule has 3 rings (SSSR count). The Bertz CT molecular complexity index is 1010. The minimum Gasteiger partial charge on any atom is -0.493 e. The minimum atomic E-state index is -0.220. The molecule has 0 aliphatic heterocycles. The maximum absolute atomic E-state index is 12.7. The zero-order valence-corrected chi connectivity index (χ0v) is 15.3. The number of hydrogen-bond donors (Lipinski definition) is 2. The smallest absolute Gasteiger partial charge is 0.260 e. The van der Waals surface area contributed by atoms with Crippen LogP contribution in [0.15, 0.2) is 35.1 Å². The summed E-state index contributed by atoms with van der Waals surface area (Å²) in [7, 11) is 4.97. The van der Waals surface area contributed by atoms with Gasteiger partial charge in [0.1, 0.15) is 0 Å². The van der Waals surface area contributed by atoms with Crippen LogP contribution in [0.3, 0.4) is 0 Å². The van der Waals surface area contributed by atoms with Gasteiger partial charge in [0, 0.05) is 30.9 Å². The molecule has 0 saturated heterocycles. The van der Waals surface area contributed by atoms with Crippen LogP contribution in [0, 0.1) is 6.92 Å². The van der Waals surface area contributed by atoms with Crippen LogP contribution in [0.25, 0.3) is 10.9 Å². The van der Waals surface area contributed by atoms with Crippen LogP contribution in [-0.2, 0) is 6.54 Å². The second-order valence-corrected chi connectivity index (χ2v) is 6.12. The predicted octanol–water partition coefficient (Wildman–Crippen LogP) is 2.47. The molecule has 0 aliphatic rings. The van der Waals surface area contributed by atoms with Crippen LogP contribution in [0.5, 0.6) is 11.5 Å². The van der Waals surface area contributed by atoms with Gasteiger partial charge in [0.15, 0.2) is 11.5 Å². The fourth-order valence-electron chi connectivity index (χ4n) is 3.06. The van der Waals surface area contributed by atoms with Crippen molar-refractivity contribution in [3.05, 3.63) is 51.8 Å². The van der Waals surface area contributed by atoms with E-state index < -0.39 is 0 Å². The molecule has 3 N–H and O–H groups in total. The third kappa shape index (κ3) is 3.15. The first-order chi connectivity index (χ1) is 12.4. The summed E-state index contributed by atoms with van der Waals surface area (Å²) in [5.74, 6) is 1.55. The molecular weight excluding hydrogens is 332 g/mol. The van der Waals surface area contributed by atoms with Crippen LogP contribution in [0.1, 0.15) is 11.1 Å². The number of nitrogens with two attached hydrogens (primary N) is 1. The average Bonchev–Trinajstić information content (AvgIpc) is 2.60. The van der Waals surface area contributed by atoms with E-state index in [2.05, 4.69) is 9.97 Å². The van der Waals surface area contributed by atoms with Crippen molar-refractivity contribution in [2.24, 2.45) is 0 Å². The molecule has 0 unspecified atom stereocenters. The quantitative estimate of drug-likeness (QED) is 0.684. The lowest BCUT2D eigenvalue weighted by Crippen LogP contribution is -2.23. The zero-order valence-electron chi connectivity index (χ0n) is 15.3. The van der Waals surface area contributed by atoms with Crippen molar-refractivity contribution >= 4 is 22.5 Å². The molecule has 1 heterocycles. The Morgan fingerprint density at radius 2 is 2.00 bits per heavy atom. The Balaban J connectivity index is 2.06. The Morgan fingerprint density at radius 3 is 2.65 bits per heavy atom. The highest BCUT2D eigenvalue weighted by molar-refractivity contribution is 5.86. The molecule has 0 amide bonds. The van der Waals surface area contributed by atoms with E-state index in [1.165, 1.54) is 0 Å². The molecule has 0 saturated carbocycles. The zero-order chi connectivity index (χ0) is 18.8. The third-order valence-electron chi connectivity index (χ3n) is 4.30. The third-order valence-corrected chi connectivity index (χ3v) is 4.30. The predicted molar refractivity (Wildman–Crippen MR) is 103 cm³/mol. The molecular formula is C19H22N4O3. The van der Waals surface area contributed by atoms with Gasteiger partial charge in [-0.2, -0.15) is 0 Å². The van der Waals surface area contributed by atoms with Gasteiger partial charge in [0.25, 0.3) is 5.56 Å². The van der Waals surface area contributed by atoms with E-state index in [-0.39, 0.29) is 5.56 Å². The maximum Gasteiger partial charge on any atom is 0.260 e. The summed E-state index contributed by atoms with van der Waals surface area (Å²) < 4.78 is 10.7. The molecule has 0 spiro atoms. The van der Waals surface area contributed by atoms with Gasteiger partial charge >= 0.3 is 0 Å². The molecule has 26 heavy (non-hydrogen) atoms. The number of nitrogens with one attached hydrogen (secondary N) is 1. The van der Waals surface area contributed by atoms with Gasteiger partial charge < -0.3 is 20.1 Å². The molecule has 7 heteroatoms. The van der Waals surface area contributed by atoms with Crippen molar-refractivity contribution in [2.45, 2.75) is 13.5 Å². The summed E-state index contributed by atoms with van der Waals surface area (Å²) in [4.78, 5) is 22.0. The minimum absolute atomic E-state index is 0.220. The van der Waals surface area contributed by atoms with E-state index in [1.54, 1.807) is 20.3 Å². The molecule has 136 valence electrons. The standard InChI is InChI=1S/C19H22N4O3/c1-11-16-14(9-15(25-3)17(11)26-4)21-19(22-18(16)24)23(2)10-12-6-5-7-13(20)8-12/h5-9H,10,20H2,1-4H3,(H,21,22,24). The van der Waals surface area contributed by atoms with E-state index in [9.17, 15) is 4.79 Å². The number of benzene rings is 2. The van der Waals surface area contributed by atoms with Crippen LogP contribution >= 0.6 is 0 Å². The van der Waals surface area contributed by atoms with Crippen molar-refractivity contribution in [1.29, 1.82) is 0 Å². The fourth-order valence-corrected chi connectivity index (χ4v) is 3.06. The first kappa shape index (κ1) is 17.6. The second kappa shape index (κ2) is 6.95. The van der Waals surface area contributed by atoms with Gasteiger partial charge in [-0.05, 0) is 24.6 Å². The molecule has 2 aromatic carbocycles. The lowest BCUT2D eigenvalue weighted by Gasteiger charge is -2.19. The monoisotopic (exact) mass is 354 g/mol. The summed E-state index contributed by atoms with van der Waals surface area (Å²) in [5, 5.41) is 0.490. The van der Waals surface area contributed by atoms with E-state index >= 15 is 0 Å². The van der Waals surface area contributed by atoms with Crippen molar-refractivity contribution in [3.8, 4) is 11.5 Å². The van der Waals surface area contributed by atoms with Crippen LogP contribution in [-0.4, -0.2) is 31.2 Å². The van der Waals surface area contributed by atoms with Gasteiger partial charge in [-0.3, -0.25) is 9.78 Å². The van der Waals surface area contributed by atoms with Crippen LogP contribution < -0.4 is 25.7 Å². The Labute approximate surface area is 151 Å². The summed E-state index contributed by atoms with van der Waals surface area (Å²) >= 11 is 0. The molecule has 0 fully saturated rings. The van der Waals surface area contributed by atoms with Crippen molar-refractivity contribution in [3.63, 3.8) is 0 Å². The number of nitrogens with zero attached hydrogens (tertiary/aromatic N) is 2. The maximum atomic E-state index is 12.7. The number of H-pyrrole nitrogens is 1. The molecule has 0 atom stereocenters. The Kier molecular flexibility index (Phi) is 4.71. The number of ether oxygens (including phenoxy) is 2. The topological polar surface area (TPSA) is 93.5 Å². The van der Waals surface area contributed by atoms with E-state index in [0.717, 1.165) is 5.56 Å². The lowest BCUT2D eigenvalue weighted by molar-refractivity contribution is 0.354. The number of aromatic nitrogens is 2. The summed E-state index contributed by atoms with van der Waals surface area (Å²) in [6.45, 7) is 2.38. The van der Waals surface area contributed by atoms with Gasteiger partial charge in [0.2, 0.25) is 5.95 Å². The molecule has 1 aromatic heterocycles. The summed E-state index contributed by atoms with van der Waals surface area (Å²) in [6.07, 6.45) is 0. The van der Waals surface area contributed by atoms with Crippen molar-refractivity contribution in [2.75, 3.05) is 31.9 Å². The highest BCUT2D eigenvalue weighted by atomic mass is 16.5. The fraction of sp³-hybridized carbons (Fsp3) is 0.263. The normalized spacial score (nSPS) is 10.8. The number of hydrogen-bond acceptors (Lipinski definition) is 6. The molecule has 3 aromatic rings. The Morgan fingerprint density at radius 1 is 1.23 bits per heavy atom. The molecule has 7 nitrogen and oxygen atoms in total. The summed E-state index contributed by atoms with van der Waals surface area (Å²) in [6, 6.07) is 9.32. The second-order valence-electron chi connectivity index (χ2n) is 6.12. The highest BCUT2D eigenvalue weighted by Crippen LogP contribution is 2.35.